The lowest BCUT2D eigenvalue weighted by Crippen LogP contribution is -2.27. The second kappa shape index (κ2) is 9.22. The predicted molar refractivity (Wildman–Crippen MR) is 154 cm³/mol. The number of aromatic nitrogens is 7. The summed E-state index contributed by atoms with van der Waals surface area (Å²) in [5.41, 5.74) is 3.17. The van der Waals surface area contributed by atoms with Gasteiger partial charge in [-0.15, -0.1) is 5.10 Å². The van der Waals surface area contributed by atoms with Gasteiger partial charge in [-0.05, 0) is 54.7 Å². The molecule has 0 saturated heterocycles. The first kappa shape index (κ1) is 25.6. The van der Waals surface area contributed by atoms with Crippen LogP contribution in [0.1, 0.15) is 42.0 Å². The van der Waals surface area contributed by atoms with Gasteiger partial charge in [-0.1, -0.05) is 40.0 Å². The molecule has 5 heterocycles. The molecule has 3 unspecified atom stereocenters. The van der Waals surface area contributed by atoms with Crippen LogP contribution < -0.4 is 10.9 Å². The Balaban J connectivity index is 1.20. The van der Waals surface area contributed by atoms with E-state index < -0.39 is 12.0 Å². The standard InChI is InChI=1S/C28H18Cl3FN8O2/c29-11-1-5-19(39-10-20(30)37-38-39)16(7-11)18-9-22(42)40-25(14-8-15(14)28(40)34-18)27-35-24(26(32)36-27)13-2-4-17-12(23(13)31)3-6-21(41)33-17/h1-2,4-5,7,9-10,14-15,25H,3,6,8H2,(H,33,41)(H,35,36). The highest BCUT2D eigenvalue weighted by molar-refractivity contribution is 6.34. The lowest BCUT2D eigenvalue weighted by atomic mass is 9.99. The van der Waals surface area contributed by atoms with Gasteiger partial charge in [-0.25, -0.2) is 14.6 Å². The molecule has 1 fully saturated rings. The van der Waals surface area contributed by atoms with Crippen LogP contribution in [-0.4, -0.2) is 40.4 Å². The van der Waals surface area contributed by atoms with Crippen LogP contribution in [0, 0.1) is 11.9 Å². The number of fused-ring (bicyclic) bond motifs is 4. The predicted octanol–water partition coefficient (Wildman–Crippen LogP) is 5.57. The number of imidazole rings is 1. The molecule has 10 nitrogen and oxygen atoms in total. The van der Waals surface area contributed by atoms with Crippen molar-refractivity contribution in [2.45, 2.75) is 31.2 Å². The molecule has 2 aromatic carbocycles. The van der Waals surface area contributed by atoms with Crippen LogP contribution in [0.15, 0.2) is 47.4 Å². The van der Waals surface area contributed by atoms with Crippen molar-refractivity contribution in [3.05, 3.63) is 91.3 Å². The fraction of sp³-hybridized carbons (Fsp3) is 0.214. The number of hydrogen-bond donors (Lipinski definition) is 2. The topological polar surface area (TPSA) is 123 Å². The number of aromatic amines is 1. The van der Waals surface area contributed by atoms with Crippen LogP contribution in [-0.2, 0) is 11.2 Å². The third kappa shape index (κ3) is 3.91. The highest BCUT2D eigenvalue weighted by Gasteiger charge is 2.55. The normalized spacial score (nSPS) is 20.2. The molecular formula is C28H18Cl3FN8O2. The van der Waals surface area contributed by atoms with Gasteiger partial charge in [0.1, 0.15) is 17.3 Å². The van der Waals surface area contributed by atoms with Gasteiger partial charge in [-0.2, -0.15) is 4.39 Å². The molecule has 210 valence electrons. The summed E-state index contributed by atoms with van der Waals surface area (Å²) in [6, 6.07) is 9.45. The van der Waals surface area contributed by atoms with Gasteiger partial charge in [0.2, 0.25) is 11.9 Å². The molecule has 2 aliphatic heterocycles. The van der Waals surface area contributed by atoms with Gasteiger partial charge < -0.3 is 10.3 Å². The molecule has 3 aromatic heterocycles. The fourth-order valence-electron chi connectivity index (χ4n) is 6.14. The number of carbonyl (C=O) groups is 1. The number of rotatable bonds is 4. The molecule has 0 radical (unpaired) electrons. The van der Waals surface area contributed by atoms with Crippen molar-refractivity contribution in [3.8, 4) is 28.2 Å². The zero-order chi connectivity index (χ0) is 28.9. The molecule has 42 heavy (non-hydrogen) atoms. The van der Waals surface area contributed by atoms with E-state index in [0.717, 1.165) is 12.0 Å². The summed E-state index contributed by atoms with van der Waals surface area (Å²) in [6.45, 7) is 0. The van der Waals surface area contributed by atoms with E-state index in [-0.39, 0.29) is 34.1 Å². The van der Waals surface area contributed by atoms with Crippen molar-refractivity contribution < 1.29 is 9.18 Å². The number of hydrogen-bond acceptors (Lipinski definition) is 6. The number of nitrogens with zero attached hydrogens (tertiary/aromatic N) is 6. The summed E-state index contributed by atoms with van der Waals surface area (Å²) in [5, 5.41) is 11.7. The molecule has 8 rings (SSSR count). The molecule has 3 aliphatic rings. The Morgan fingerprint density at radius 2 is 1.86 bits per heavy atom. The van der Waals surface area contributed by atoms with E-state index in [9.17, 15) is 9.59 Å². The minimum Gasteiger partial charge on any atom is -0.326 e. The Kier molecular flexibility index (Phi) is 5.63. The van der Waals surface area contributed by atoms with Crippen LogP contribution in [0.4, 0.5) is 10.1 Å². The van der Waals surface area contributed by atoms with E-state index >= 15 is 4.39 Å². The average Bonchev–Trinajstić information content (AvgIpc) is 3.28. The van der Waals surface area contributed by atoms with Crippen LogP contribution >= 0.6 is 34.8 Å². The van der Waals surface area contributed by atoms with Crippen LogP contribution in [0.5, 0.6) is 0 Å². The number of amides is 1. The van der Waals surface area contributed by atoms with Crippen molar-refractivity contribution >= 4 is 46.4 Å². The van der Waals surface area contributed by atoms with Crippen molar-refractivity contribution in [2.75, 3.05) is 5.32 Å². The fourth-order valence-corrected chi connectivity index (χ4v) is 6.79. The number of carbonyl (C=O) groups excluding carboxylic acids is 1. The maximum atomic E-state index is 15.4. The van der Waals surface area contributed by atoms with Gasteiger partial charge in [-0.3, -0.25) is 14.2 Å². The van der Waals surface area contributed by atoms with Crippen molar-refractivity contribution in [1.29, 1.82) is 0 Å². The molecule has 1 amide bonds. The molecule has 0 spiro atoms. The maximum absolute atomic E-state index is 15.4. The quantitative estimate of drug-likeness (QED) is 0.270. The molecule has 1 saturated carbocycles. The average molecular weight is 624 g/mol. The van der Waals surface area contributed by atoms with Crippen molar-refractivity contribution in [3.63, 3.8) is 0 Å². The smallest absolute Gasteiger partial charge is 0.254 e. The highest BCUT2D eigenvalue weighted by Crippen LogP contribution is 2.60. The summed E-state index contributed by atoms with van der Waals surface area (Å²) in [5.74, 6) is 0.267. The maximum Gasteiger partial charge on any atom is 0.254 e. The second-order valence-corrected chi connectivity index (χ2v) is 11.8. The van der Waals surface area contributed by atoms with E-state index in [1.807, 2.05) is 0 Å². The Morgan fingerprint density at radius 1 is 1.00 bits per heavy atom. The van der Waals surface area contributed by atoms with Crippen LogP contribution in [0.3, 0.4) is 0 Å². The second-order valence-electron chi connectivity index (χ2n) is 10.6. The first-order valence-electron chi connectivity index (χ1n) is 13.2. The van der Waals surface area contributed by atoms with Gasteiger partial charge in [0, 0.05) is 40.2 Å². The van der Waals surface area contributed by atoms with E-state index in [4.69, 9.17) is 39.8 Å². The number of anilines is 1. The molecular weight excluding hydrogens is 606 g/mol. The van der Waals surface area contributed by atoms with E-state index in [2.05, 4.69) is 25.6 Å². The zero-order valence-corrected chi connectivity index (χ0v) is 23.7. The third-order valence-corrected chi connectivity index (χ3v) is 8.95. The van der Waals surface area contributed by atoms with Crippen LogP contribution in [0.2, 0.25) is 15.2 Å². The number of benzene rings is 2. The largest absolute Gasteiger partial charge is 0.326 e. The first-order chi connectivity index (χ1) is 20.3. The van der Waals surface area contributed by atoms with Crippen molar-refractivity contribution in [1.82, 2.24) is 34.5 Å². The van der Waals surface area contributed by atoms with Gasteiger partial charge in [0.15, 0.2) is 5.15 Å². The van der Waals surface area contributed by atoms with Crippen molar-refractivity contribution in [2.24, 2.45) is 5.92 Å². The number of nitrogens with one attached hydrogen (secondary N) is 2. The summed E-state index contributed by atoms with van der Waals surface area (Å²) < 4.78 is 18.5. The SMILES string of the molecule is O=C1CCc2c(ccc(-c3nc(C4C5CC5c5nc(-c6cc(Cl)ccc6-n6cc(Cl)nn6)cc(=O)n54)[nH]c3F)c2Cl)N1. The molecule has 14 heteroatoms. The summed E-state index contributed by atoms with van der Waals surface area (Å²) >= 11 is 19.0. The lowest BCUT2D eigenvalue weighted by Gasteiger charge is -2.19. The first-order valence-corrected chi connectivity index (χ1v) is 14.3. The number of H-pyrrole nitrogens is 1. The molecule has 5 aromatic rings. The lowest BCUT2D eigenvalue weighted by molar-refractivity contribution is -0.116. The highest BCUT2D eigenvalue weighted by atomic mass is 35.5. The summed E-state index contributed by atoms with van der Waals surface area (Å²) in [6.07, 6.45) is 3.09. The van der Waals surface area contributed by atoms with Gasteiger partial charge in [0.05, 0.1) is 28.6 Å². The molecule has 2 N–H and O–H groups in total. The van der Waals surface area contributed by atoms with Gasteiger partial charge >= 0.3 is 0 Å². The Labute approximate surface area is 251 Å². The number of halogens is 4. The molecule has 1 aliphatic carbocycles. The van der Waals surface area contributed by atoms with E-state index in [1.165, 1.54) is 10.7 Å². The summed E-state index contributed by atoms with van der Waals surface area (Å²) in [4.78, 5) is 37.7. The summed E-state index contributed by atoms with van der Waals surface area (Å²) in [7, 11) is 0. The molecule has 3 atom stereocenters. The zero-order valence-electron chi connectivity index (χ0n) is 21.4. The minimum absolute atomic E-state index is 0.0265. The Hall–Kier alpha value is -4.06. The Bertz CT molecular complexity index is 2040. The van der Waals surface area contributed by atoms with E-state index in [0.29, 0.717) is 62.7 Å². The third-order valence-electron chi connectivity index (χ3n) is 8.11. The Morgan fingerprint density at radius 3 is 2.67 bits per heavy atom. The molecule has 0 bridgehead atoms. The minimum atomic E-state index is -0.648. The van der Waals surface area contributed by atoms with Crippen LogP contribution in [0.25, 0.3) is 28.2 Å². The van der Waals surface area contributed by atoms with Gasteiger partial charge in [0.25, 0.3) is 5.56 Å². The van der Waals surface area contributed by atoms with E-state index in [1.54, 1.807) is 41.1 Å². The monoisotopic (exact) mass is 622 g/mol.